The Kier molecular flexibility index (Phi) is 3.90. The summed E-state index contributed by atoms with van der Waals surface area (Å²) in [5, 5.41) is 0. The fourth-order valence-corrected chi connectivity index (χ4v) is 5.21. The number of benzene rings is 2. The molecule has 4 rings (SSSR count). The highest BCUT2D eigenvalue weighted by Crippen LogP contribution is 2.36. The monoisotopic (exact) mass is 346 g/mol. The molecule has 0 N–H and O–H groups in total. The smallest absolute Gasteiger partial charge is 0.243 e. The van der Waals surface area contributed by atoms with Crippen molar-refractivity contribution in [3.05, 3.63) is 66.0 Å². The third-order valence-corrected chi connectivity index (χ3v) is 6.87. The van der Waals surface area contributed by atoms with E-state index in [0.717, 1.165) is 6.54 Å². The van der Waals surface area contributed by atoms with Crippen LogP contribution in [0.1, 0.15) is 5.56 Å². The first-order chi connectivity index (χ1) is 11.6. The summed E-state index contributed by atoms with van der Waals surface area (Å²) in [7, 11) is -3.44. The van der Waals surface area contributed by atoms with Crippen molar-refractivity contribution in [2.75, 3.05) is 19.6 Å². The molecule has 2 heterocycles. The second-order valence-electron chi connectivity index (χ2n) is 6.48. The molecule has 0 saturated carbocycles. The van der Waals surface area contributed by atoms with E-state index in [1.165, 1.54) is 6.07 Å². The molecular weight excluding hydrogens is 327 g/mol. The van der Waals surface area contributed by atoms with Crippen molar-refractivity contribution in [2.24, 2.45) is 5.92 Å². The van der Waals surface area contributed by atoms with Gasteiger partial charge in [0.1, 0.15) is 5.82 Å². The van der Waals surface area contributed by atoms with Crippen LogP contribution in [-0.2, 0) is 16.6 Å². The molecule has 2 aliphatic heterocycles. The summed E-state index contributed by atoms with van der Waals surface area (Å²) < 4.78 is 40.8. The summed E-state index contributed by atoms with van der Waals surface area (Å²) in [6, 6.07) is 15.5. The molecule has 2 aliphatic rings. The molecule has 0 amide bonds. The van der Waals surface area contributed by atoms with Crippen LogP contribution in [0, 0.1) is 11.7 Å². The molecule has 4 nitrogen and oxygen atoms in total. The van der Waals surface area contributed by atoms with Crippen LogP contribution in [0.3, 0.4) is 0 Å². The highest BCUT2D eigenvalue weighted by molar-refractivity contribution is 7.89. The third-order valence-electron chi connectivity index (χ3n) is 5.02. The van der Waals surface area contributed by atoms with E-state index in [2.05, 4.69) is 4.90 Å². The van der Waals surface area contributed by atoms with E-state index < -0.39 is 10.0 Å². The van der Waals surface area contributed by atoms with Crippen LogP contribution in [-0.4, -0.2) is 43.3 Å². The summed E-state index contributed by atoms with van der Waals surface area (Å²) in [5.41, 5.74) is 0.667. The summed E-state index contributed by atoms with van der Waals surface area (Å²) in [5.74, 6) is 0.142. The fourth-order valence-electron chi connectivity index (χ4n) is 3.67. The van der Waals surface area contributed by atoms with E-state index >= 15 is 0 Å². The van der Waals surface area contributed by atoms with Gasteiger partial charge in [0.25, 0.3) is 0 Å². The van der Waals surface area contributed by atoms with Crippen LogP contribution in [0.2, 0.25) is 0 Å². The molecule has 0 spiro atoms. The maximum Gasteiger partial charge on any atom is 0.243 e. The van der Waals surface area contributed by atoms with E-state index in [-0.39, 0.29) is 11.9 Å². The molecule has 6 heteroatoms. The Morgan fingerprint density at radius 1 is 0.958 bits per heavy atom. The lowest BCUT2D eigenvalue weighted by Gasteiger charge is -2.43. The van der Waals surface area contributed by atoms with Gasteiger partial charge in [-0.25, -0.2) is 12.8 Å². The minimum absolute atomic E-state index is 0.183. The van der Waals surface area contributed by atoms with Gasteiger partial charge < -0.3 is 0 Å². The average Bonchev–Trinajstić information content (AvgIpc) is 2.93. The van der Waals surface area contributed by atoms with Gasteiger partial charge >= 0.3 is 0 Å². The Hall–Kier alpha value is -1.76. The molecule has 2 fully saturated rings. The summed E-state index contributed by atoms with van der Waals surface area (Å²) in [4.78, 5) is 2.51. The molecular formula is C18H19FN2O2S. The molecule has 2 aromatic rings. The van der Waals surface area contributed by atoms with E-state index in [1.807, 2.05) is 12.1 Å². The molecule has 24 heavy (non-hydrogen) atoms. The molecule has 0 unspecified atom stereocenters. The Morgan fingerprint density at radius 3 is 2.42 bits per heavy atom. The van der Waals surface area contributed by atoms with Crippen molar-refractivity contribution >= 4 is 10.0 Å². The number of hydrogen-bond donors (Lipinski definition) is 0. The van der Waals surface area contributed by atoms with Gasteiger partial charge in [0.15, 0.2) is 0 Å². The second kappa shape index (κ2) is 5.95. The minimum Gasteiger partial charge on any atom is -0.294 e. The Morgan fingerprint density at radius 2 is 1.67 bits per heavy atom. The largest absolute Gasteiger partial charge is 0.294 e. The summed E-state index contributed by atoms with van der Waals surface area (Å²) in [6.07, 6.45) is 0. The predicted molar refractivity (Wildman–Crippen MR) is 89.3 cm³/mol. The average molecular weight is 346 g/mol. The Bertz CT molecular complexity index is 841. The van der Waals surface area contributed by atoms with Gasteiger partial charge in [-0.05, 0) is 18.2 Å². The second-order valence-corrected chi connectivity index (χ2v) is 8.42. The van der Waals surface area contributed by atoms with Crippen LogP contribution in [0.5, 0.6) is 0 Å². The summed E-state index contributed by atoms with van der Waals surface area (Å²) in [6.45, 7) is 2.39. The van der Waals surface area contributed by atoms with Crippen LogP contribution >= 0.6 is 0 Å². The first-order valence-corrected chi connectivity index (χ1v) is 9.52. The lowest BCUT2D eigenvalue weighted by molar-refractivity contribution is 0.0425. The maximum absolute atomic E-state index is 13.8. The molecule has 0 bridgehead atoms. The predicted octanol–water partition coefficient (Wildman–Crippen LogP) is 2.33. The number of hydrogen-bond acceptors (Lipinski definition) is 3. The first-order valence-electron chi connectivity index (χ1n) is 8.08. The number of nitrogens with zero attached hydrogens (tertiary/aromatic N) is 2. The van der Waals surface area contributed by atoms with Crippen molar-refractivity contribution in [2.45, 2.75) is 17.5 Å². The number of likely N-dealkylation sites (tertiary alicyclic amines) is 1. The maximum atomic E-state index is 13.8. The minimum atomic E-state index is -3.44. The van der Waals surface area contributed by atoms with Crippen LogP contribution in [0.25, 0.3) is 0 Å². The van der Waals surface area contributed by atoms with Crippen molar-refractivity contribution in [3.63, 3.8) is 0 Å². The normalized spacial score (nSPS) is 24.5. The highest BCUT2D eigenvalue weighted by Gasteiger charge is 2.48. The number of fused-ring (bicyclic) bond motifs is 1. The fraction of sp³-hybridized carbons (Fsp3) is 0.333. The Balaban J connectivity index is 1.47. The Labute approximate surface area is 141 Å². The van der Waals surface area contributed by atoms with E-state index in [9.17, 15) is 12.8 Å². The van der Waals surface area contributed by atoms with Gasteiger partial charge in [-0.15, -0.1) is 0 Å². The standard InChI is InChI=1S/C18H19FN2O2S/c19-17-9-5-4-6-14(17)10-20-11-15-12-21(13-18(15)20)24(22,23)16-7-2-1-3-8-16/h1-9,15,18H,10-13H2/t15-,18+/m1/s1. The van der Waals surface area contributed by atoms with Crippen molar-refractivity contribution < 1.29 is 12.8 Å². The molecule has 2 aromatic carbocycles. The van der Waals surface area contributed by atoms with Gasteiger partial charge in [-0.3, -0.25) is 4.90 Å². The molecule has 0 aromatic heterocycles. The quantitative estimate of drug-likeness (QED) is 0.853. The van der Waals surface area contributed by atoms with E-state index in [1.54, 1.807) is 40.7 Å². The lowest BCUT2D eigenvalue weighted by atomic mass is 9.91. The van der Waals surface area contributed by atoms with Crippen LogP contribution in [0.4, 0.5) is 4.39 Å². The molecule has 0 radical (unpaired) electrons. The third kappa shape index (κ3) is 2.64. The number of halogens is 1. The van der Waals surface area contributed by atoms with E-state index in [4.69, 9.17) is 0 Å². The van der Waals surface area contributed by atoms with Crippen LogP contribution < -0.4 is 0 Å². The van der Waals surface area contributed by atoms with Gasteiger partial charge in [0.2, 0.25) is 10.0 Å². The van der Waals surface area contributed by atoms with Crippen molar-refractivity contribution in [1.29, 1.82) is 0 Å². The van der Waals surface area contributed by atoms with Crippen LogP contribution in [0.15, 0.2) is 59.5 Å². The molecule has 0 aliphatic carbocycles. The number of sulfonamides is 1. The zero-order valence-electron chi connectivity index (χ0n) is 13.2. The SMILES string of the molecule is O=S(=O)(c1ccccc1)N1C[C@H]2CN(Cc3ccccc3F)[C@H]2C1. The lowest BCUT2D eigenvalue weighted by Crippen LogP contribution is -2.54. The zero-order chi connectivity index (χ0) is 16.7. The first kappa shape index (κ1) is 15.7. The molecule has 2 atom stereocenters. The van der Waals surface area contributed by atoms with E-state index in [0.29, 0.717) is 36.0 Å². The van der Waals surface area contributed by atoms with Gasteiger partial charge in [0.05, 0.1) is 4.90 Å². The molecule has 126 valence electrons. The zero-order valence-corrected chi connectivity index (χ0v) is 14.0. The summed E-state index contributed by atoms with van der Waals surface area (Å²) >= 11 is 0. The topological polar surface area (TPSA) is 40.6 Å². The van der Waals surface area contributed by atoms with Gasteiger partial charge in [-0.2, -0.15) is 4.31 Å². The highest BCUT2D eigenvalue weighted by atomic mass is 32.2. The van der Waals surface area contributed by atoms with Gasteiger partial charge in [0, 0.05) is 43.7 Å². The van der Waals surface area contributed by atoms with Crippen molar-refractivity contribution in [1.82, 2.24) is 9.21 Å². The van der Waals surface area contributed by atoms with Crippen molar-refractivity contribution in [3.8, 4) is 0 Å². The number of rotatable bonds is 4. The molecule has 2 saturated heterocycles. The van der Waals surface area contributed by atoms with Gasteiger partial charge in [-0.1, -0.05) is 36.4 Å².